The molecule has 0 fully saturated rings. The Morgan fingerprint density at radius 1 is 1.47 bits per heavy atom. The molecule has 0 spiro atoms. The number of nitrogens with zero attached hydrogens (tertiary/aromatic N) is 2. The molecule has 0 aromatic carbocycles. The lowest BCUT2D eigenvalue weighted by Crippen LogP contribution is -2.05. The Labute approximate surface area is 119 Å². The highest BCUT2D eigenvalue weighted by molar-refractivity contribution is 8.13. The SMILES string of the molecule is CCCCOCc1nn(C(C)CC)cc1S(=O)(=O)Cl. The number of hydrogen-bond donors (Lipinski definition) is 0. The lowest BCUT2D eigenvalue weighted by atomic mass is 10.3. The Morgan fingerprint density at radius 2 is 2.16 bits per heavy atom. The van der Waals surface area contributed by atoms with Gasteiger partial charge in [-0.2, -0.15) is 5.10 Å². The van der Waals surface area contributed by atoms with Crippen LogP contribution in [-0.4, -0.2) is 24.8 Å². The van der Waals surface area contributed by atoms with Crippen LogP contribution in [0.3, 0.4) is 0 Å². The van der Waals surface area contributed by atoms with Crippen molar-refractivity contribution in [2.45, 2.75) is 57.6 Å². The molecular weight excluding hydrogens is 288 g/mol. The monoisotopic (exact) mass is 308 g/mol. The maximum absolute atomic E-state index is 11.5. The number of halogens is 1. The first kappa shape index (κ1) is 16.5. The molecule has 0 saturated carbocycles. The molecule has 0 aliphatic rings. The van der Waals surface area contributed by atoms with Crippen LogP contribution in [0.2, 0.25) is 0 Å². The molecule has 0 saturated heterocycles. The van der Waals surface area contributed by atoms with E-state index in [1.54, 1.807) is 4.68 Å². The Morgan fingerprint density at radius 3 is 2.68 bits per heavy atom. The lowest BCUT2D eigenvalue weighted by molar-refractivity contribution is 0.113. The Bertz CT molecular complexity index is 499. The van der Waals surface area contributed by atoms with Crippen molar-refractivity contribution in [2.75, 3.05) is 6.61 Å². The summed E-state index contributed by atoms with van der Waals surface area (Å²) in [6.07, 6.45) is 4.31. The molecule has 5 nitrogen and oxygen atoms in total. The topological polar surface area (TPSA) is 61.2 Å². The van der Waals surface area contributed by atoms with E-state index in [2.05, 4.69) is 12.0 Å². The van der Waals surface area contributed by atoms with Gasteiger partial charge in [0.05, 0.1) is 6.61 Å². The van der Waals surface area contributed by atoms with E-state index in [1.807, 2.05) is 13.8 Å². The predicted molar refractivity (Wildman–Crippen MR) is 74.8 cm³/mol. The quantitative estimate of drug-likeness (QED) is 0.547. The van der Waals surface area contributed by atoms with Gasteiger partial charge in [-0.25, -0.2) is 8.42 Å². The normalized spacial score (nSPS) is 13.7. The van der Waals surface area contributed by atoms with E-state index in [4.69, 9.17) is 15.4 Å². The van der Waals surface area contributed by atoms with Gasteiger partial charge in [-0.1, -0.05) is 20.3 Å². The van der Waals surface area contributed by atoms with Gasteiger partial charge in [0.15, 0.2) is 0 Å². The van der Waals surface area contributed by atoms with Crippen molar-refractivity contribution in [3.63, 3.8) is 0 Å². The molecule has 110 valence electrons. The highest BCUT2D eigenvalue weighted by Gasteiger charge is 2.21. The number of unbranched alkanes of at least 4 members (excludes halogenated alkanes) is 1. The summed E-state index contributed by atoms with van der Waals surface area (Å²) < 4.78 is 30.1. The fourth-order valence-electron chi connectivity index (χ4n) is 1.54. The van der Waals surface area contributed by atoms with E-state index < -0.39 is 9.05 Å². The molecule has 1 heterocycles. The molecule has 0 radical (unpaired) electrons. The van der Waals surface area contributed by atoms with Gasteiger partial charge in [0.25, 0.3) is 9.05 Å². The summed E-state index contributed by atoms with van der Waals surface area (Å²) >= 11 is 0. The minimum Gasteiger partial charge on any atom is -0.375 e. The summed E-state index contributed by atoms with van der Waals surface area (Å²) in [4.78, 5) is 0.0472. The third kappa shape index (κ3) is 4.78. The molecule has 0 aliphatic heterocycles. The standard InChI is InChI=1S/C12H21ClN2O3S/c1-4-6-7-18-9-11-12(19(13,16)17)8-15(14-11)10(3)5-2/h8,10H,4-7,9H2,1-3H3. The average molecular weight is 309 g/mol. The maximum Gasteiger partial charge on any atom is 0.264 e. The van der Waals surface area contributed by atoms with Gasteiger partial charge in [-0.05, 0) is 19.8 Å². The number of rotatable bonds is 8. The van der Waals surface area contributed by atoms with Gasteiger partial charge >= 0.3 is 0 Å². The molecule has 0 aliphatic carbocycles. The smallest absolute Gasteiger partial charge is 0.264 e. The Kier molecular flexibility index (Phi) is 6.29. The molecule has 1 atom stereocenters. The van der Waals surface area contributed by atoms with Crippen LogP contribution in [0.25, 0.3) is 0 Å². The van der Waals surface area contributed by atoms with Crippen molar-refractivity contribution >= 4 is 19.7 Å². The molecular formula is C12H21ClN2O3S. The first-order valence-electron chi connectivity index (χ1n) is 6.50. The minimum absolute atomic E-state index is 0.0472. The molecule has 1 aromatic rings. The lowest BCUT2D eigenvalue weighted by Gasteiger charge is -2.07. The highest BCUT2D eigenvalue weighted by Crippen LogP contribution is 2.22. The van der Waals surface area contributed by atoms with Gasteiger partial charge in [0.2, 0.25) is 0 Å². The highest BCUT2D eigenvalue weighted by atomic mass is 35.7. The summed E-state index contributed by atoms with van der Waals surface area (Å²) in [5.41, 5.74) is 0.381. The fourth-order valence-corrected chi connectivity index (χ4v) is 2.55. The van der Waals surface area contributed by atoms with Crippen LogP contribution >= 0.6 is 10.7 Å². The summed E-state index contributed by atoms with van der Waals surface area (Å²) in [6.45, 7) is 6.81. The summed E-state index contributed by atoms with van der Waals surface area (Å²) in [5, 5.41) is 4.27. The summed E-state index contributed by atoms with van der Waals surface area (Å²) in [7, 11) is 1.64. The maximum atomic E-state index is 11.5. The second kappa shape index (κ2) is 7.26. The summed E-state index contributed by atoms with van der Waals surface area (Å²) in [5.74, 6) is 0. The minimum atomic E-state index is -3.79. The second-order valence-corrected chi connectivity index (χ2v) is 7.06. The van der Waals surface area contributed by atoms with Crippen LogP contribution < -0.4 is 0 Å². The largest absolute Gasteiger partial charge is 0.375 e. The molecule has 1 aromatic heterocycles. The van der Waals surface area contributed by atoms with Gasteiger partial charge in [0.1, 0.15) is 10.6 Å². The van der Waals surface area contributed by atoms with Crippen molar-refractivity contribution in [3.8, 4) is 0 Å². The molecule has 19 heavy (non-hydrogen) atoms. The van der Waals surface area contributed by atoms with Crippen molar-refractivity contribution in [1.29, 1.82) is 0 Å². The van der Waals surface area contributed by atoms with E-state index in [-0.39, 0.29) is 17.5 Å². The van der Waals surface area contributed by atoms with Crippen LogP contribution in [0, 0.1) is 0 Å². The molecule has 0 amide bonds. The van der Waals surface area contributed by atoms with Crippen molar-refractivity contribution in [3.05, 3.63) is 11.9 Å². The van der Waals surface area contributed by atoms with E-state index >= 15 is 0 Å². The molecule has 1 unspecified atom stereocenters. The first-order chi connectivity index (χ1) is 8.90. The van der Waals surface area contributed by atoms with Crippen LogP contribution in [0.5, 0.6) is 0 Å². The molecule has 0 N–H and O–H groups in total. The van der Waals surface area contributed by atoms with Crippen molar-refractivity contribution in [2.24, 2.45) is 0 Å². The third-order valence-electron chi connectivity index (χ3n) is 2.96. The zero-order valence-electron chi connectivity index (χ0n) is 11.6. The third-order valence-corrected chi connectivity index (χ3v) is 4.32. The molecule has 7 heteroatoms. The second-order valence-electron chi connectivity index (χ2n) is 4.52. The van der Waals surface area contributed by atoms with Crippen molar-refractivity contribution in [1.82, 2.24) is 9.78 Å². The van der Waals surface area contributed by atoms with Crippen LogP contribution in [0.1, 0.15) is 51.8 Å². The zero-order chi connectivity index (χ0) is 14.5. The average Bonchev–Trinajstić information content (AvgIpc) is 2.77. The number of aromatic nitrogens is 2. The van der Waals surface area contributed by atoms with Gasteiger partial charge < -0.3 is 4.74 Å². The zero-order valence-corrected chi connectivity index (χ0v) is 13.2. The Balaban J connectivity index is 2.90. The van der Waals surface area contributed by atoms with E-state index in [0.29, 0.717) is 12.3 Å². The van der Waals surface area contributed by atoms with Gasteiger partial charge in [-0.3, -0.25) is 4.68 Å². The van der Waals surface area contributed by atoms with E-state index in [0.717, 1.165) is 19.3 Å². The molecule has 0 bridgehead atoms. The van der Waals surface area contributed by atoms with Gasteiger partial charge in [0, 0.05) is 29.5 Å². The number of ether oxygens (including phenoxy) is 1. The summed E-state index contributed by atoms with van der Waals surface area (Å²) in [6, 6.07) is 0.126. The predicted octanol–water partition coefficient (Wildman–Crippen LogP) is 3.10. The van der Waals surface area contributed by atoms with Crippen molar-refractivity contribution < 1.29 is 13.2 Å². The van der Waals surface area contributed by atoms with Crippen LogP contribution in [0.15, 0.2) is 11.1 Å². The van der Waals surface area contributed by atoms with E-state index in [1.165, 1.54) is 6.20 Å². The Hall–Kier alpha value is -0.590. The first-order valence-corrected chi connectivity index (χ1v) is 8.81. The van der Waals surface area contributed by atoms with Gasteiger partial charge in [-0.15, -0.1) is 0 Å². The fraction of sp³-hybridized carbons (Fsp3) is 0.750. The van der Waals surface area contributed by atoms with Crippen LogP contribution in [-0.2, 0) is 20.4 Å². The number of hydrogen-bond acceptors (Lipinski definition) is 4. The molecule has 1 rings (SSSR count). The van der Waals surface area contributed by atoms with E-state index in [9.17, 15) is 8.42 Å². The van der Waals surface area contributed by atoms with Crippen LogP contribution in [0.4, 0.5) is 0 Å².